The number of rotatable bonds is 7. The molecule has 2 atom stereocenters. The number of aromatic nitrogens is 1. The highest BCUT2D eigenvalue weighted by Crippen LogP contribution is 2.40. The first-order valence-electron chi connectivity index (χ1n) is 9.66. The molecular weight excluding hydrogens is 480 g/mol. The van der Waals surface area contributed by atoms with Crippen molar-refractivity contribution in [3.05, 3.63) is 22.3 Å². The van der Waals surface area contributed by atoms with Crippen molar-refractivity contribution in [2.45, 2.75) is 24.3 Å². The van der Waals surface area contributed by atoms with Gasteiger partial charge in [-0.05, 0) is 31.5 Å². The first-order valence-corrected chi connectivity index (χ1v) is 11.6. The molecular formula is C18H23ClN6O5S2. The second-order valence-corrected chi connectivity index (χ2v) is 9.29. The number of nitrogens with zero attached hydrogens (tertiary/aromatic N) is 4. The first kappa shape index (κ1) is 24.3. The van der Waals surface area contributed by atoms with E-state index in [1.54, 1.807) is 5.38 Å². The molecule has 174 valence electrons. The van der Waals surface area contributed by atoms with E-state index in [0.29, 0.717) is 12.3 Å². The fraction of sp³-hybridized carbons (Fsp3) is 0.500. The van der Waals surface area contributed by atoms with Gasteiger partial charge >= 0.3 is 5.97 Å². The average Bonchev–Trinajstić information content (AvgIpc) is 3.41. The van der Waals surface area contributed by atoms with Gasteiger partial charge in [-0.2, -0.15) is 0 Å². The summed E-state index contributed by atoms with van der Waals surface area (Å²) in [4.78, 5) is 49.8. The number of carboxylic acid groups (broad SMARTS) is 1. The minimum absolute atomic E-state index is 0. The molecule has 0 aliphatic carbocycles. The van der Waals surface area contributed by atoms with E-state index in [1.807, 2.05) is 0 Å². The standard InChI is InChI=1S/C18H22N6O5S2.ClH/c1-29-22-11(10-8-31-18(19)20-10)14(25)21-12-15(26)24-13(17(27)28)9(7-30-16(12)24)6-23-4-2-3-5-23;/h8,12,16H,2-7H2,1H3,(H2,19,20)(H,21,25)(H,27,28);1H/b22-11+;/t12-,16-;/m1./s1. The van der Waals surface area contributed by atoms with E-state index in [1.165, 1.54) is 23.8 Å². The Morgan fingerprint density at radius 1 is 1.41 bits per heavy atom. The lowest BCUT2D eigenvalue weighted by molar-refractivity contribution is -0.150. The Labute approximate surface area is 198 Å². The molecule has 0 saturated carbocycles. The van der Waals surface area contributed by atoms with Crippen molar-refractivity contribution >= 4 is 64.1 Å². The maximum absolute atomic E-state index is 12.8. The molecule has 1 aromatic heterocycles. The molecule has 0 bridgehead atoms. The predicted molar refractivity (Wildman–Crippen MR) is 123 cm³/mol. The Hall–Kier alpha value is -2.35. The first-order chi connectivity index (χ1) is 14.9. The number of likely N-dealkylation sites (tertiary alicyclic amines) is 1. The van der Waals surface area contributed by atoms with E-state index in [0.717, 1.165) is 42.8 Å². The Morgan fingerprint density at radius 3 is 2.72 bits per heavy atom. The molecule has 11 nitrogen and oxygen atoms in total. The largest absolute Gasteiger partial charge is 0.477 e. The van der Waals surface area contributed by atoms with Gasteiger partial charge < -0.3 is 21.0 Å². The van der Waals surface area contributed by atoms with Crippen LogP contribution < -0.4 is 11.1 Å². The molecule has 3 aliphatic heterocycles. The van der Waals surface area contributed by atoms with Crippen molar-refractivity contribution in [3.63, 3.8) is 0 Å². The van der Waals surface area contributed by atoms with Crippen molar-refractivity contribution in [3.8, 4) is 0 Å². The maximum atomic E-state index is 12.8. The number of nitrogens with one attached hydrogen (secondary N) is 1. The van der Waals surface area contributed by atoms with Crippen LogP contribution in [0.15, 0.2) is 21.8 Å². The maximum Gasteiger partial charge on any atom is 0.352 e. The summed E-state index contributed by atoms with van der Waals surface area (Å²) in [6.45, 7) is 2.40. The number of oxime groups is 1. The molecule has 0 spiro atoms. The van der Waals surface area contributed by atoms with Crippen LogP contribution >= 0.6 is 35.5 Å². The van der Waals surface area contributed by atoms with Crippen LogP contribution in [0.3, 0.4) is 0 Å². The molecule has 0 unspecified atom stereocenters. The zero-order valence-corrected chi connectivity index (χ0v) is 19.6. The van der Waals surface area contributed by atoms with E-state index in [4.69, 9.17) is 10.6 Å². The van der Waals surface area contributed by atoms with E-state index >= 15 is 0 Å². The minimum atomic E-state index is -1.13. The highest BCUT2D eigenvalue weighted by molar-refractivity contribution is 8.00. The summed E-state index contributed by atoms with van der Waals surface area (Å²) in [5.41, 5.74) is 6.52. The predicted octanol–water partition coefficient (Wildman–Crippen LogP) is 0.332. The van der Waals surface area contributed by atoms with E-state index in [2.05, 4.69) is 20.4 Å². The zero-order valence-electron chi connectivity index (χ0n) is 17.1. The van der Waals surface area contributed by atoms with Crippen molar-refractivity contribution < 1.29 is 24.3 Å². The third-order valence-electron chi connectivity index (χ3n) is 5.31. The normalized spacial score (nSPS) is 23.3. The number of anilines is 1. The van der Waals surface area contributed by atoms with Gasteiger partial charge in [-0.1, -0.05) is 5.16 Å². The second-order valence-electron chi connectivity index (χ2n) is 7.29. The Bertz CT molecular complexity index is 977. The van der Waals surface area contributed by atoms with Crippen LogP contribution in [0.4, 0.5) is 5.13 Å². The van der Waals surface area contributed by atoms with Gasteiger partial charge in [0.1, 0.15) is 29.9 Å². The van der Waals surface area contributed by atoms with Crippen LogP contribution in [0.2, 0.25) is 0 Å². The molecule has 0 radical (unpaired) electrons. The van der Waals surface area contributed by atoms with Crippen LogP contribution in [0.1, 0.15) is 18.5 Å². The Morgan fingerprint density at radius 2 is 2.12 bits per heavy atom. The minimum Gasteiger partial charge on any atom is -0.477 e. The SMILES string of the molecule is CO/N=C(/C(=O)N[C@@H]1C(=O)N2C(C(=O)O)=C(CN3CCCC3)CS[C@H]12)c1csc(N)n1.Cl. The number of thiazole rings is 1. The monoisotopic (exact) mass is 502 g/mol. The molecule has 1 aromatic rings. The zero-order chi connectivity index (χ0) is 22.1. The van der Waals surface area contributed by atoms with Gasteiger partial charge in [0.05, 0.1) is 0 Å². The third kappa shape index (κ3) is 4.56. The van der Waals surface area contributed by atoms with Crippen molar-refractivity contribution in [1.29, 1.82) is 0 Å². The second kappa shape index (κ2) is 10.1. The highest BCUT2D eigenvalue weighted by Gasteiger charge is 2.54. The third-order valence-corrected chi connectivity index (χ3v) is 7.33. The molecule has 4 N–H and O–H groups in total. The lowest BCUT2D eigenvalue weighted by Crippen LogP contribution is -2.71. The number of nitrogen functional groups attached to an aromatic ring is 1. The fourth-order valence-corrected chi connectivity index (χ4v) is 5.80. The summed E-state index contributed by atoms with van der Waals surface area (Å²) in [6, 6.07) is -0.863. The summed E-state index contributed by atoms with van der Waals surface area (Å²) in [5, 5.41) is 17.5. The number of fused-ring (bicyclic) bond motifs is 1. The molecule has 4 heterocycles. The van der Waals surface area contributed by atoms with Crippen molar-refractivity contribution in [1.82, 2.24) is 20.1 Å². The number of carbonyl (C=O) groups excluding carboxylic acids is 2. The summed E-state index contributed by atoms with van der Waals surface area (Å²) in [7, 11) is 1.29. The van der Waals surface area contributed by atoms with Gasteiger partial charge in [0.15, 0.2) is 10.8 Å². The van der Waals surface area contributed by atoms with Crippen LogP contribution in [0, 0.1) is 0 Å². The number of thioether (sulfide) groups is 1. The lowest BCUT2D eigenvalue weighted by atomic mass is 10.0. The highest BCUT2D eigenvalue weighted by atomic mass is 35.5. The summed E-state index contributed by atoms with van der Waals surface area (Å²) in [5.74, 6) is -1.75. The van der Waals surface area contributed by atoms with Crippen molar-refractivity contribution in [2.24, 2.45) is 5.16 Å². The quantitative estimate of drug-likeness (QED) is 0.272. The summed E-state index contributed by atoms with van der Waals surface area (Å²) >= 11 is 2.59. The summed E-state index contributed by atoms with van der Waals surface area (Å²) in [6.07, 6.45) is 2.19. The van der Waals surface area contributed by atoms with Gasteiger partial charge in [-0.15, -0.1) is 35.5 Å². The van der Waals surface area contributed by atoms with Gasteiger partial charge in [0.25, 0.3) is 11.8 Å². The average molecular weight is 503 g/mol. The van der Waals surface area contributed by atoms with E-state index in [-0.39, 0.29) is 34.6 Å². The number of hydrogen-bond donors (Lipinski definition) is 3. The number of halogens is 1. The fourth-order valence-electron chi connectivity index (χ4n) is 3.92. The number of nitrogens with two attached hydrogens (primary N) is 1. The Kier molecular flexibility index (Phi) is 7.64. The number of aliphatic carboxylic acids is 1. The van der Waals surface area contributed by atoms with Crippen LogP contribution in [0.5, 0.6) is 0 Å². The molecule has 2 saturated heterocycles. The molecule has 32 heavy (non-hydrogen) atoms. The molecule has 3 aliphatic rings. The molecule has 2 amide bonds. The summed E-state index contributed by atoms with van der Waals surface area (Å²) < 4.78 is 0. The smallest absolute Gasteiger partial charge is 0.352 e. The number of carboxylic acids is 1. The molecule has 14 heteroatoms. The van der Waals surface area contributed by atoms with Crippen molar-refractivity contribution in [2.75, 3.05) is 38.2 Å². The van der Waals surface area contributed by atoms with E-state index < -0.39 is 29.2 Å². The lowest BCUT2D eigenvalue weighted by Gasteiger charge is -2.49. The molecule has 4 rings (SSSR count). The van der Waals surface area contributed by atoms with Crippen LogP contribution in [-0.4, -0.2) is 87.3 Å². The topological polar surface area (TPSA) is 150 Å². The van der Waals surface area contributed by atoms with Gasteiger partial charge in [0, 0.05) is 17.7 Å². The Balaban J connectivity index is 0.00000289. The van der Waals surface area contributed by atoms with Gasteiger partial charge in [-0.3, -0.25) is 19.4 Å². The van der Waals surface area contributed by atoms with E-state index in [9.17, 15) is 19.5 Å². The van der Waals surface area contributed by atoms with Gasteiger partial charge in [-0.25, -0.2) is 9.78 Å². The number of amides is 2. The molecule has 2 fully saturated rings. The number of carbonyl (C=O) groups is 3. The number of hydrogen-bond acceptors (Lipinski definition) is 10. The number of β-lactam (4-membered cyclic amide) rings is 1. The van der Waals surface area contributed by atoms with Gasteiger partial charge in [0.2, 0.25) is 0 Å². The van der Waals surface area contributed by atoms with Crippen LogP contribution in [0.25, 0.3) is 0 Å². The van der Waals surface area contributed by atoms with Crippen LogP contribution in [-0.2, 0) is 19.2 Å². The molecule has 0 aromatic carbocycles.